The van der Waals surface area contributed by atoms with Crippen molar-refractivity contribution in [1.82, 2.24) is 4.90 Å². The van der Waals surface area contributed by atoms with E-state index in [0.29, 0.717) is 26.2 Å². The fourth-order valence-electron chi connectivity index (χ4n) is 4.06. The first-order chi connectivity index (χ1) is 15.0. The smallest absolute Gasteiger partial charge is 0.321 e. The minimum atomic E-state index is -0.743. The van der Waals surface area contributed by atoms with Crippen LogP contribution in [-0.2, 0) is 4.74 Å². The van der Waals surface area contributed by atoms with Crippen molar-refractivity contribution in [3.63, 3.8) is 0 Å². The average Bonchev–Trinajstić information content (AvgIpc) is 2.73. The predicted octanol–water partition coefficient (Wildman–Crippen LogP) is 3.91. The highest BCUT2D eigenvalue weighted by atomic mass is 19.1. The van der Waals surface area contributed by atoms with Crippen LogP contribution in [0.1, 0.15) is 12.8 Å². The van der Waals surface area contributed by atoms with E-state index in [1.807, 2.05) is 24.3 Å². The number of nitrogens with zero attached hydrogens (tertiary/aromatic N) is 2. The molecule has 1 fully saturated rings. The molecule has 0 saturated carbocycles. The SMILES string of the molecule is COCCN=C1Nc2ccccc2NC12CCCN(C(=O)Nc1cc(F)cc(F)c1)C2. The van der Waals surface area contributed by atoms with E-state index in [1.54, 1.807) is 12.0 Å². The van der Waals surface area contributed by atoms with Gasteiger partial charge in [-0.15, -0.1) is 0 Å². The quantitative estimate of drug-likeness (QED) is 0.644. The summed E-state index contributed by atoms with van der Waals surface area (Å²) in [5.41, 5.74) is 1.34. The Labute approximate surface area is 179 Å². The number of amides is 2. The maximum atomic E-state index is 13.5. The van der Waals surface area contributed by atoms with Crippen molar-refractivity contribution in [2.24, 2.45) is 4.99 Å². The minimum Gasteiger partial charge on any atom is -0.383 e. The number of benzene rings is 2. The van der Waals surface area contributed by atoms with Crippen LogP contribution in [-0.4, -0.2) is 55.7 Å². The third-order valence-corrected chi connectivity index (χ3v) is 5.47. The molecule has 9 heteroatoms. The van der Waals surface area contributed by atoms with E-state index in [9.17, 15) is 13.6 Å². The molecule has 2 heterocycles. The van der Waals surface area contributed by atoms with E-state index in [0.717, 1.165) is 48.3 Å². The zero-order valence-corrected chi connectivity index (χ0v) is 17.3. The summed E-state index contributed by atoms with van der Waals surface area (Å²) >= 11 is 0. The Morgan fingerprint density at radius 2 is 1.97 bits per heavy atom. The Hall–Kier alpha value is -3.20. The molecule has 1 atom stereocenters. The Kier molecular flexibility index (Phi) is 6.03. The Balaban J connectivity index is 1.57. The number of hydrogen-bond donors (Lipinski definition) is 3. The zero-order valence-electron chi connectivity index (χ0n) is 17.3. The number of methoxy groups -OCH3 is 1. The number of anilines is 3. The molecule has 1 saturated heterocycles. The van der Waals surface area contributed by atoms with Gasteiger partial charge in [0.1, 0.15) is 23.0 Å². The highest BCUT2D eigenvalue weighted by Crippen LogP contribution is 2.36. The number of aliphatic imine (C=N–C) groups is 1. The Morgan fingerprint density at radius 1 is 1.23 bits per heavy atom. The lowest BCUT2D eigenvalue weighted by Crippen LogP contribution is -2.63. The molecule has 2 aliphatic heterocycles. The van der Waals surface area contributed by atoms with E-state index in [1.165, 1.54) is 0 Å². The van der Waals surface area contributed by atoms with Gasteiger partial charge >= 0.3 is 6.03 Å². The normalized spacial score (nSPS) is 21.4. The number of piperidine rings is 1. The first-order valence-electron chi connectivity index (χ1n) is 10.2. The lowest BCUT2D eigenvalue weighted by atomic mass is 9.85. The number of likely N-dealkylation sites (tertiary alicyclic amines) is 1. The van der Waals surface area contributed by atoms with Crippen LogP contribution in [0.25, 0.3) is 0 Å². The van der Waals surface area contributed by atoms with Crippen molar-refractivity contribution in [3.8, 4) is 0 Å². The van der Waals surface area contributed by atoms with Crippen molar-refractivity contribution in [2.75, 3.05) is 49.3 Å². The van der Waals surface area contributed by atoms with E-state index in [2.05, 4.69) is 16.0 Å². The summed E-state index contributed by atoms with van der Waals surface area (Å²) in [7, 11) is 1.62. The molecule has 1 unspecified atom stereocenters. The van der Waals surface area contributed by atoms with Crippen molar-refractivity contribution in [1.29, 1.82) is 0 Å². The van der Waals surface area contributed by atoms with Gasteiger partial charge in [-0.05, 0) is 37.1 Å². The van der Waals surface area contributed by atoms with Crippen LogP contribution in [0.3, 0.4) is 0 Å². The lowest BCUT2D eigenvalue weighted by molar-refractivity contribution is 0.186. The highest BCUT2D eigenvalue weighted by molar-refractivity contribution is 6.10. The van der Waals surface area contributed by atoms with Crippen LogP contribution < -0.4 is 16.0 Å². The first kappa shape index (κ1) is 21.0. The molecular weight excluding hydrogens is 404 g/mol. The van der Waals surface area contributed by atoms with Crippen LogP contribution in [0.4, 0.5) is 30.6 Å². The number of fused-ring (bicyclic) bond motifs is 1. The lowest BCUT2D eigenvalue weighted by Gasteiger charge is -2.47. The van der Waals surface area contributed by atoms with Gasteiger partial charge in [0.25, 0.3) is 0 Å². The van der Waals surface area contributed by atoms with Crippen LogP contribution >= 0.6 is 0 Å². The third-order valence-electron chi connectivity index (χ3n) is 5.47. The molecule has 2 aromatic carbocycles. The summed E-state index contributed by atoms with van der Waals surface area (Å²) in [4.78, 5) is 19.2. The summed E-state index contributed by atoms with van der Waals surface area (Å²) in [5, 5.41) is 9.60. The molecule has 0 aromatic heterocycles. The fourth-order valence-corrected chi connectivity index (χ4v) is 4.06. The van der Waals surface area contributed by atoms with Gasteiger partial charge in [0.2, 0.25) is 0 Å². The van der Waals surface area contributed by atoms with Crippen molar-refractivity contribution in [3.05, 3.63) is 54.1 Å². The van der Waals surface area contributed by atoms with Gasteiger partial charge in [0.05, 0.1) is 31.1 Å². The molecule has 7 nitrogen and oxygen atoms in total. The maximum absolute atomic E-state index is 13.5. The van der Waals surface area contributed by atoms with Crippen LogP contribution in [0, 0.1) is 11.6 Å². The van der Waals surface area contributed by atoms with Gasteiger partial charge in [0, 0.05) is 25.4 Å². The number of para-hydroxylation sites is 2. The molecule has 31 heavy (non-hydrogen) atoms. The standard InChI is InChI=1S/C22H25F2N5O2/c1-31-10-8-25-20-22(28-19-6-3-2-5-18(19)27-20)7-4-9-29(14-22)21(30)26-17-12-15(23)11-16(24)13-17/h2-3,5-6,11-13,28H,4,7-10,14H2,1H3,(H,25,27)(H,26,30). The second-order valence-electron chi connectivity index (χ2n) is 7.71. The summed E-state index contributed by atoms with van der Waals surface area (Å²) in [6, 6.07) is 10.4. The Bertz CT molecular complexity index is 979. The van der Waals surface area contributed by atoms with Crippen LogP contribution in [0.2, 0.25) is 0 Å². The number of hydrogen-bond acceptors (Lipinski definition) is 4. The zero-order chi connectivity index (χ0) is 21.8. The summed E-state index contributed by atoms with van der Waals surface area (Å²) in [6.07, 6.45) is 1.52. The number of nitrogens with one attached hydrogen (secondary N) is 3. The minimum absolute atomic E-state index is 0.0798. The molecule has 1 spiro atoms. The molecule has 2 amide bonds. The molecule has 3 N–H and O–H groups in total. The van der Waals surface area contributed by atoms with E-state index < -0.39 is 23.2 Å². The number of carbonyl (C=O) groups excluding carboxylic acids is 1. The van der Waals surface area contributed by atoms with Crippen molar-refractivity contribution < 1.29 is 18.3 Å². The third kappa shape index (κ3) is 4.61. The number of urea groups is 1. The molecule has 0 bridgehead atoms. The molecular formula is C22H25F2N5O2. The van der Waals surface area contributed by atoms with Gasteiger partial charge in [0.15, 0.2) is 0 Å². The fraction of sp³-hybridized carbons (Fsp3) is 0.364. The van der Waals surface area contributed by atoms with Crippen molar-refractivity contribution >= 4 is 28.9 Å². The van der Waals surface area contributed by atoms with Crippen molar-refractivity contribution in [2.45, 2.75) is 18.4 Å². The monoisotopic (exact) mass is 429 g/mol. The number of rotatable bonds is 4. The second-order valence-corrected chi connectivity index (χ2v) is 7.71. The number of halogens is 2. The van der Waals surface area contributed by atoms with Crippen LogP contribution in [0.15, 0.2) is 47.5 Å². The Morgan fingerprint density at radius 3 is 2.71 bits per heavy atom. The largest absolute Gasteiger partial charge is 0.383 e. The summed E-state index contributed by atoms with van der Waals surface area (Å²) in [5.74, 6) is -0.738. The summed E-state index contributed by atoms with van der Waals surface area (Å²) in [6.45, 7) is 1.85. The van der Waals surface area contributed by atoms with Crippen LogP contribution in [0.5, 0.6) is 0 Å². The second kappa shape index (κ2) is 8.89. The maximum Gasteiger partial charge on any atom is 0.321 e. The van der Waals surface area contributed by atoms with E-state index in [4.69, 9.17) is 9.73 Å². The molecule has 0 radical (unpaired) electrons. The van der Waals surface area contributed by atoms with Gasteiger partial charge in [-0.1, -0.05) is 12.1 Å². The number of ether oxygens (including phenoxy) is 1. The number of carbonyl (C=O) groups is 1. The van der Waals surface area contributed by atoms with E-state index >= 15 is 0 Å². The average molecular weight is 429 g/mol. The molecule has 4 rings (SSSR count). The molecule has 164 valence electrons. The number of amidine groups is 1. The molecule has 2 aromatic rings. The van der Waals surface area contributed by atoms with Gasteiger partial charge in [-0.3, -0.25) is 4.99 Å². The predicted molar refractivity (Wildman–Crippen MR) is 117 cm³/mol. The van der Waals surface area contributed by atoms with Gasteiger partial charge in [-0.2, -0.15) is 0 Å². The summed E-state index contributed by atoms with van der Waals surface area (Å²) < 4.78 is 32.1. The highest BCUT2D eigenvalue weighted by Gasteiger charge is 2.44. The van der Waals surface area contributed by atoms with Gasteiger partial charge < -0.3 is 25.6 Å². The first-order valence-corrected chi connectivity index (χ1v) is 10.2. The van der Waals surface area contributed by atoms with Gasteiger partial charge in [-0.25, -0.2) is 13.6 Å². The molecule has 0 aliphatic carbocycles. The topological polar surface area (TPSA) is 78.0 Å². The van der Waals surface area contributed by atoms with E-state index in [-0.39, 0.29) is 5.69 Å². The molecule has 2 aliphatic rings.